The van der Waals surface area contributed by atoms with Gasteiger partial charge in [-0.3, -0.25) is 14.5 Å². The van der Waals surface area contributed by atoms with Crippen LogP contribution < -0.4 is 9.64 Å². The van der Waals surface area contributed by atoms with E-state index in [0.29, 0.717) is 39.0 Å². The normalized spacial score (nSPS) is 15.2. The van der Waals surface area contributed by atoms with Gasteiger partial charge in [0.2, 0.25) is 5.13 Å². The summed E-state index contributed by atoms with van der Waals surface area (Å²) in [6, 6.07) is 23.2. The number of aliphatic hydroxyl groups is 1. The number of thioether (sulfide) groups is 1. The number of allylic oxidation sites excluding steroid dienone is 1. The first-order chi connectivity index (χ1) is 20.8. The molecule has 0 aliphatic carbocycles. The fourth-order valence-electron chi connectivity index (χ4n) is 4.47. The lowest BCUT2D eigenvalue weighted by Gasteiger charge is -2.24. The average Bonchev–Trinajstić information content (AvgIpc) is 3.58. The lowest BCUT2D eigenvalue weighted by Crippen LogP contribution is -2.30. The summed E-state index contributed by atoms with van der Waals surface area (Å²) in [5, 5.41) is 20.6. The highest BCUT2D eigenvalue weighted by atomic mass is 35.5. The Kier molecular flexibility index (Phi) is 9.97. The first-order valence-corrected chi connectivity index (χ1v) is 16.0. The molecule has 1 aromatic heterocycles. The molecule has 3 aromatic carbocycles. The summed E-state index contributed by atoms with van der Waals surface area (Å²) in [7, 11) is 0. The molecule has 10 heteroatoms. The second-order valence-electron chi connectivity index (χ2n) is 10.3. The molecule has 0 spiro atoms. The largest absolute Gasteiger partial charge is 0.503 e. The van der Waals surface area contributed by atoms with E-state index in [4.69, 9.17) is 16.3 Å². The molecule has 2 heterocycles. The number of aliphatic hydroxyl groups excluding tert-OH is 1. The number of ketones is 1. The third-order valence-corrected chi connectivity index (χ3v) is 9.09. The Morgan fingerprint density at radius 3 is 2.60 bits per heavy atom. The molecule has 43 heavy (non-hydrogen) atoms. The molecule has 0 radical (unpaired) electrons. The standard InChI is InChI=1S/C33H30ClN3O4S2/c1-21(2)17-18-41-26-10-6-9-24(19-26)29-28(27(38)16-13-22-7-4-3-5-8-22)30(39)31(40)37(29)32-35-36-33(43-32)42-20-23-11-14-25(34)15-12-23/h3-16,19,21,29,39H,17-18,20H2,1-2H3. The molecule has 220 valence electrons. The van der Waals surface area contributed by atoms with Crippen molar-refractivity contribution >= 4 is 57.6 Å². The van der Waals surface area contributed by atoms with Crippen LogP contribution in [0.1, 0.15) is 43.0 Å². The highest BCUT2D eigenvalue weighted by Crippen LogP contribution is 2.44. The molecule has 0 fully saturated rings. The molecular formula is C33H30ClN3O4S2. The maximum absolute atomic E-state index is 13.6. The summed E-state index contributed by atoms with van der Waals surface area (Å²) in [6.45, 7) is 4.78. The van der Waals surface area contributed by atoms with Gasteiger partial charge in [-0.1, -0.05) is 109 Å². The van der Waals surface area contributed by atoms with Crippen LogP contribution in [0.15, 0.2) is 101 Å². The van der Waals surface area contributed by atoms with Gasteiger partial charge in [-0.2, -0.15) is 0 Å². The molecule has 1 amide bonds. The number of carbonyl (C=O) groups excluding carboxylic acids is 2. The Morgan fingerprint density at radius 2 is 1.86 bits per heavy atom. The Morgan fingerprint density at radius 1 is 1.09 bits per heavy atom. The summed E-state index contributed by atoms with van der Waals surface area (Å²) in [5.74, 6) is -0.0652. The SMILES string of the molecule is CC(C)CCOc1cccc(C2C(C(=O)C=Cc3ccccc3)=C(O)C(=O)N2c2nnc(SCc3ccc(Cl)cc3)s2)c1. The fraction of sp³-hybridized carbons (Fsp3) is 0.212. The van der Waals surface area contributed by atoms with E-state index in [0.717, 1.165) is 17.5 Å². The monoisotopic (exact) mass is 631 g/mol. The maximum Gasteiger partial charge on any atom is 0.296 e. The van der Waals surface area contributed by atoms with Gasteiger partial charge in [0.05, 0.1) is 18.2 Å². The van der Waals surface area contributed by atoms with Crippen LogP contribution in [0.2, 0.25) is 5.02 Å². The Hall–Kier alpha value is -3.92. The molecule has 1 aliphatic heterocycles. The first kappa shape index (κ1) is 30.5. The van der Waals surface area contributed by atoms with E-state index in [1.807, 2.05) is 72.8 Å². The first-order valence-electron chi connectivity index (χ1n) is 13.8. The highest BCUT2D eigenvalue weighted by Gasteiger charge is 2.45. The number of aromatic nitrogens is 2. The molecule has 1 aliphatic rings. The molecule has 1 N–H and O–H groups in total. The number of rotatable bonds is 12. The van der Waals surface area contributed by atoms with Crippen molar-refractivity contribution in [2.75, 3.05) is 11.5 Å². The molecule has 0 bridgehead atoms. The summed E-state index contributed by atoms with van der Waals surface area (Å²) >= 11 is 8.70. The van der Waals surface area contributed by atoms with Crippen molar-refractivity contribution in [3.05, 3.63) is 118 Å². The van der Waals surface area contributed by atoms with E-state index in [-0.39, 0.29) is 10.7 Å². The number of halogens is 1. The molecule has 1 unspecified atom stereocenters. The molecule has 4 aromatic rings. The molecule has 5 rings (SSSR count). The van der Waals surface area contributed by atoms with E-state index >= 15 is 0 Å². The zero-order chi connectivity index (χ0) is 30.3. The second-order valence-corrected chi connectivity index (χ2v) is 12.9. The summed E-state index contributed by atoms with van der Waals surface area (Å²) in [4.78, 5) is 28.5. The number of carbonyl (C=O) groups is 2. The molecule has 0 saturated heterocycles. The number of hydrogen-bond acceptors (Lipinski definition) is 8. The van der Waals surface area contributed by atoms with Crippen LogP contribution in [-0.4, -0.2) is 33.6 Å². The van der Waals surface area contributed by atoms with Crippen molar-refractivity contribution in [2.24, 2.45) is 5.92 Å². The van der Waals surface area contributed by atoms with Crippen LogP contribution in [0.3, 0.4) is 0 Å². The van der Waals surface area contributed by atoms with Gasteiger partial charge in [0, 0.05) is 10.8 Å². The van der Waals surface area contributed by atoms with Gasteiger partial charge in [-0.05, 0) is 59.4 Å². The van der Waals surface area contributed by atoms with Crippen molar-refractivity contribution in [3.8, 4) is 5.75 Å². The number of ether oxygens (including phenoxy) is 1. The van der Waals surface area contributed by atoms with Gasteiger partial charge < -0.3 is 9.84 Å². The van der Waals surface area contributed by atoms with Gasteiger partial charge in [-0.15, -0.1) is 10.2 Å². The van der Waals surface area contributed by atoms with Crippen LogP contribution in [0.25, 0.3) is 6.08 Å². The van der Waals surface area contributed by atoms with E-state index < -0.39 is 23.5 Å². The predicted octanol–water partition coefficient (Wildman–Crippen LogP) is 8.09. The third kappa shape index (κ3) is 7.54. The number of anilines is 1. The zero-order valence-corrected chi connectivity index (χ0v) is 26.0. The van der Waals surface area contributed by atoms with Crippen LogP contribution in [0.4, 0.5) is 5.13 Å². The predicted molar refractivity (Wildman–Crippen MR) is 173 cm³/mol. The highest BCUT2D eigenvalue weighted by molar-refractivity contribution is 8.00. The Labute approximate surface area is 263 Å². The van der Waals surface area contributed by atoms with E-state index in [9.17, 15) is 14.7 Å². The molecular weight excluding hydrogens is 602 g/mol. The topological polar surface area (TPSA) is 92.6 Å². The van der Waals surface area contributed by atoms with Crippen LogP contribution in [0.5, 0.6) is 5.75 Å². The lowest BCUT2D eigenvalue weighted by molar-refractivity contribution is -0.117. The van der Waals surface area contributed by atoms with Gasteiger partial charge >= 0.3 is 0 Å². The molecule has 1 atom stereocenters. The molecule has 0 saturated carbocycles. The second kappa shape index (κ2) is 14.0. The maximum atomic E-state index is 13.6. The lowest BCUT2D eigenvalue weighted by atomic mass is 9.95. The number of amides is 1. The minimum atomic E-state index is -0.920. The van der Waals surface area contributed by atoms with Crippen molar-refractivity contribution in [2.45, 2.75) is 36.4 Å². The fourth-order valence-corrected chi connectivity index (χ4v) is 6.42. The van der Waals surface area contributed by atoms with E-state index in [1.54, 1.807) is 12.1 Å². The smallest absolute Gasteiger partial charge is 0.296 e. The van der Waals surface area contributed by atoms with Gasteiger partial charge in [0.15, 0.2) is 15.9 Å². The van der Waals surface area contributed by atoms with Crippen molar-refractivity contribution in [3.63, 3.8) is 0 Å². The Balaban J connectivity index is 1.46. The minimum absolute atomic E-state index is 0.0259. The molecule has 7 nitrogen and oxygen atoms in total. The van der Waals surface area contributed by atoms with E-state index in [1.165, 1.54) is 34.1 Å². The quantitative estimate of drug-likeness (QED) is 0.0959. The number of hydrogen-bond donors (Lipinski definition) is 1. The zero-order valence-electron chi connectivity index (χ0n) is 23.6. The Bertz CT molecular complexity index is 1650. The number of benzene rings is 3. The van der Waals surface area contributed by atoms with Crippen LogP contribution in [0, 0.1) is 5.92 Å². The number of nitrogens with zero attached hydrogens (tertiary/aromatic N) is 3. The van der Waals surface area contributed by atoms with E-state index in [2.05, 4.69) is 24.0 Å². The third-order valence-electron chi connectivity index (χ3n) is 6.72. The summed E-state index contributed by atoms with van der Waals surface area (Å²) in [6.07, 6.45) is 3.92. The van der Waals surface area contributed by atoms with Crippen molar-refractivity contribution < 1.29 is 19.4 Å². The van der Waals surface area contributed by atoms with Crippen LogP contribution in [-0.2, 0) is 15.3 Å². The van der Waals surface area contributed by atoms with Gasteiger partial charge in [0.25, 0.3) is 5.91 Å². The van der Waals surface area contributed by atoms with Crippen molar-refractivity contribution in [1.29, 1.82) is 0 Å². The minimum Gasteiger partial charge on any atom is -0.503 e. The summed E-state index contributed by atoms with van der Waals surface area (Å²) in [5.41, 5.74) is 2.47. The van der Waals surface area contributed by atoms with Crippen LogP contribution >= 0.6 is 34.7 Å². The summed E-state index contributed by atoms with van der Waals surface area (Å²) < 4.78 is 6.62. The van der Waals surface area contributed by atoms with Crippen molar-refractivity contribution in [1.82, 2.24) is 10.2 Å². The van der Waals surface area contributed by atoms with Gasteiger partial charge in [0.1, 0.15) is 5.75 Å². The van der Waals surface area contributed by atoms with Gasteiger partial charge in [-0.25, -0.2) is 0 Å². The average molecular weight is 632 g/mol.